The first-order valence-corrected chi connectivity index (χ1v) is 12.6. The first-order chi connectivity index (χ1) is 18.6. The number of pyridine rings is 1. The minimum Gasteiger partial charge on any atom is -0.478 e. The van der Waals surface area contributed by atoms with Crippen molar-refractivity contribution in [3.8, 4) is 17.0 Å². The predicted octanol–water partition coefficient (Wildman–Crippen LogP) is 3.56. The van der Waals surface area contributed by atoms with Gasteiger partial charge in [0.1, 0.15) is 11.6 Å². The van der Waals surface area contributed by atoms with Crippen molar-refractivity contribution < 1.29 is 27.8 Å². The Labute approximate surface area is 221 Å². The highest BCUT2D eigenvalue weighted by atomic mass is 19.4. The maximum atomic E-state index is 12.8. The van der Waals surface area contributed by atoms with Crippen LogP contribution in [0, 0.1) is 5.41 Å². The number of nitrogens with one attached hydrogen (secondary N) is 1. The van der Waals surface area contributed by atoms with E-state index in [4.69, 9.17) is 10.1 Å². The molecule has 2 N–H and O–H groups in total. The molecule has 0 saturated carbocycles. The summed E-state index contributed by atoms with van der Waals surface area (Å²) in [5, 5.41) is 18.6. The highest BCUT2D eigenvalue weighted by Crippen LogP contribution is 2.42. The van der Waals surface area contributed by atoms with Crippen LogP contribution < -0.4 is 9.64 Å². The van der Waals surface area contributed by atoms with Crippen molar-refractivity contribution in [1.29, 1.82) is 5.41 Å². The van der Waals surface area contributed by atoms with Crippen LogP contribution in [-0.4, -0.2) is 74.5 Å². The monoisotopic (exact) mass is 538 g/mol. The van der Waals surface area contributed by atoms with Crippen LogP contribution in [0.4, 0.5) is 19.0 Å². The van der Waals surface area contributed by atoms with Gasteiger partial charge in [0, 0.05) is 55.7 Å². The third kappa shape index (κ3) is 4.58. The Morgan fingerprint density at radius 3 is 2.41 bits per heavy atom. The zero-order chi connectivity index (χ0) is 27.4. The molecule has 3 aromatic rings. The normalized spacial score (nSPS) is 20.3. The maximum Gasteiger partial charge on any atom is 0.434 e. The summed E-state index contributed by atoms with van der Waals surface area (Å²) >= 11 is 0. The fourth-order valence-electron chi connectivity index (χ4n) is 5.36. The summed E-state index contributed by atoms with van der Waals surface area (Å²) in [4.78, 5) is 28.1. The summed E-state index contributed by atoms with van der Waals surface area (Å²) in [6.07, 6.45) is -0.0563. The molecule has 6 rings (SSSR count). The van der Waals surface area contributed by atoms with Gasteiger partial charge < -0.3 is 25.1 Å². The number of rotatable bonds is 3. The molecule has 2 aromatic heterocycles. The second-order valence-corrected chi connectivity index (χ2v) is 10.1. The summed E-state index contributed by atoms with van der Waals surface area (Å²) < 4.78 is 44.7. The maximum absolute atomic E-state index is 12.8. The lowest BCUT2D eigenvalue weighted by atomic mass is 9.85. The Bertz CT molecular complexity index is 1420. The molecular formula is C27H25F3N6O3. The zero-order valence-electron chi connectivity index (χ0n) is 20.8. The minimum atomic E-state index is -4.54. The molecule has 1 atom stereocenters. The van der Waals surface area contributed by atoms with E-state index in [-0.39, 0.29) is 5.91 Å². The molecule has 202 valence electrons. The van der Waals surface area contributed by atoms with Gasteiger partial charge in [-0.2, -0.15) is 13.2 Å². The molecule has 2 fully saturated rings. The fraction of sp³-hybridized carbons (Fsp3) is 0.370. The third-order valence-electron chi connectivity index (χ3n) is 7.60. The summed E-state index contributed by atoms with van der Waals surface area (Å²) in [5.74, 6) is 0.753. The second kappa shape index (κ2) is 9.30. The summed E-state index contributed by atoms with van der Waals surface area (Å²) in [5.41, 5.74) is 1.09. The number of aromatic nitrogens is 3. The van der Waals surface area contributed by atoms with E-state index in [0.717, 1.165) is 18.0 Å². The summed E-state index contributed by atoms with van der Waals surface area (Å²) in [7, 11) is 0. The topological polar surface area (TPSA) is 116 Å². The number of carbonyl (C=O) groups is 1. The van der Waals surface area contributed by atoms with Crippen LogP contribution >= 0.6 is 0 Å². The number of halogens is 3. The number of ether oxygens (including phenoxy) is 1. The van der Waals surface area contributed by atoms with E-state index >= 15 is 0 Å². The molecule has 0 radical (unpaired) electrons. The van der Waals surface area contributed by atoms with Crippen LogP contribution in [0.15, 0.2) is 48.9 Å². The highest BCUT2D eigenvalue weighted by Gasteiger charge is 2.47. The number of piperidine rings is 1. The van der Waals surface area contributed by atoms with Crippen molar-refractivity contribution in [1.82, 2.24) is 19.9 Å². The molecule has 3 aliphatic rings. The first-order valence-electron chi connectivity index (χ1n) is 12.6. The smallest absolute Gasteiger partial charge is 0.434 e. The quantitative estimate of drug-likeness (QED) is 0.524. The number of likely N-dealkylation sites (tertiary alicyclic amines) is 1. The Morgan fingerprint density at radius 1 is 1.05 bits per heavy atom. The molecule has 9 nitrogen and oxygen atoms in total. The van der Waals surface area contributed by atoms with Crippen molar-refractivity contribution in [2.24, 2.45) is 0 Å². The minimum absolute atomic E-state index is 0.120. The van der Waals surface area contributed by atoms with E-state index in [1.807, 2.05) is 23.1 Å². The van der Waals surface area contributed by atoms with Crippen LogP contribution in [0.25, 0.3) is 11.3 Å². The van der Waals surface area contributed by atoms with Crippen LogP contribution in [0.3, 0.4) is 0 Å². The number of hydrogen-bond donors (Lipinski definition) is 2. The van der Waals surface area contributed by atoms with Gasteiger partial charge in [0.2, 0.25) is 0 Å². The Hall–Kier alpha value is -4.06. The molecule has 0 unspecified atom stereocenters. The molecule has 0 bridgehead atoms. The van der Waals surface area contributed by atoms with E-state index in [1.165, 1.54) is 0 Å². The molecule has 3 aliphatic heterocycles. The predicted molar refractivity (Wildman–Crippen MR) is 135 cm³/mol. The number of aliphatic hydroxyl groups is 1. The molecule has 1 amide bonds. The molecule has 1 aromatic carbocycles. The number of fused-ring (bicyclic) bond motifs is 1. The standard InChI is InChI=1S/C27H25F3N6O3/c28-27(29,30)22-13-34-23(14-33-22)35-9-6-26(7-10-35)24(31)19-11-20(32-12-21(19)39-26)16-1-3-17(4-2-16)25(38)36-8-5-18(37)15-36/h1-4,11-14,18,31,37H,5-10,15H2/t18-/m0/s1. The second-order valence-electron chi connectivity index (χ2n) is 10.1. The lowest BCUT2D eigenvalue weighted by molar-refractivity contribution is -0.141. The molecule has 5 heterocycles. The number of anilines is 1. The van der Waals surface area contributed by atoms with Gasteiger partial charge in [-0.25, -0.2) is 9.97 Å². The number of amides is 1. The van der Waals surface area contributed by atoms with Gasteiger partial charge in [-0.05, 0) is 24.6 Å². The average molecular weight is 539 g/mol. The molecule has 2 saturated heterocycles. The van der Waals surface area contributed by atoms with Crippen molar-refractivity contribution in [2.75, 3.05) is 31.1 Å². The average Bonchev–Trinajstić information content (AvgIpc) is 3.49. The van der Waals surface area contributed by atoms with E-state index in [0.29, 0.717) is 79.5 Å². The van der Waals surface area contributed by atoms with Crippen LogP contribution in [0.1, 0.15) is 40.9 Å². The summed E-state index contributed by atoms with van der Waals surface area (Å²) in [6.45, 7) is 1.76. The zero-order valence-corrected chi connectivity index (χ0v) is 20.8. The van der Waals surface area contributed by atoms with Crippen molar-refractivity contribution >= 4 is 17.4 Å². The van der Waals surface area contributed by atoms with E-state index in [1.54, 1.807) is 23.2 Å². The molecule has 1 spiro atoms. The summed E-state index contributed by atoms with van der Waals surface area (Å²) in [6, 6.07) is 8.91. The third-order valence-corrected chi connectivity index (χ3v) is 7.60. The van der Waals surface area contributed by atoms with Crippen LogP contribution in [0.2, 0.25) is 0 Å². The number of β-amino-alcohol motifs (C(OH)–C–C–N with tert-alkyl or cyclic N) is 1. The van der Waals surface area contributed by atoms with Gasteiger partial charge >= 0.3 is 6.18 Å². The molecule has 12 heteroatoms. The van der Waals surface area contributed by atoms with Gasteiger partial charge in [-0.1, -0.05) is 12.1 Å². The lowest BCUT2D eigenvalue weighted by Gasteiger charge is -2.38. The van der Waals surface area contributed by atoms with Gasteiger partial charge in [0.05, 0.1) is 36.1 Å². The van der Waals surface area contributed by atoms with Gasteiger partial charge in [0.15, 0.2) is 11.3 Å². The number of nitrogens with zero attached hydrogens (tertiary/aromatic N) is 5. The number of hydrogen-bond acceptors (Lipinski definition) is 8. The Balaban J connectivity index is 1.14. The number of benzene rings is 1. The van der Waals surface area contributed by atoms with E-state index in [2.05, 4.69) is 15.0 Å². The molecular weight excluding hydrogens is 513 g/mol. The van der Waals surface area contributed by atoms with E-state index in [9.17, 15) is 23.1 Å². The highest BCUT2D eigenvalue weighted by molar-refractivity contribution is 6.10. The van der Waals surface area contributed by atoms with Crippen molar-refractivity contribution in [3.63, 3.8) is 0 Å². The number of carbonyl (C=O) groups excluding carboxylic acids is 1. The van der Waals surface area contributed by atoms with Gasteiger partial charge in [-0.3, -0.25) is 9.78 Å². The van der Waals surface area contributed by atoms with Crippen LogP contribution in [-0.2, 0) is 6.18 Å². The largest absolute Gasteiger partial charge is 0.478 e. The molecule has 39 heavy (non-hydrogen) atoms. The van der Waals surface area contributed by atoms with Crippen LogP contribution in [0.5, 0.6) is 5.75 Å². The Kier molecular flexibility index (Phi) is 6.01. The fourth-order valence-corrected chi connectivity index (χ4v) is 5.36. The van der Waals surface area contributed by atoms with Crippen molar-refractivity contribution in [3.05, 3.63) is 65.7 Å². The lowest BCUT2D eigenvalue weighted by Crippen LogP contribution is -2.50. The van der Waals surface area contributed by atoms with E-state index < -0.39 is 23.6 Å². The molecule has 0 aliphatic carbocycles. The first kappa shape index (κ1) is 25.2. The Morgan fingerprint density at radius 2 is 1.79 bits per heavy atom. The van der Waals surface area contributed by atoms with Gasteiger partial charge in [-0.15, -0.1) is 0 Å². The van der Waals surface area contributed by atoms with Gasteiger partial charge in [0.25, 0.3) is 5.91 Å². The number of aliphatic hydroxyl groups excluding tert-OH is 1. The van der Waals surface area contributed by atoms with Crippen molar-refractivity contribution in [2.45, 2.75) is 37.1 Å². The SMILES string of the molecule is N=C1c2cc(-c3ccc(C(=O)N4CC[C@H](O)C4)cc3)ncc2OC12CCN(c1cnc(C(F)(F)F)cn1)CC2. The number of alkyl halides is 3.